The van der Waals surface area contributed by atoms with Crippen LogP contribution in [-0.2, 0) is 9.53 Å². The lowest BCUT2D eigenvalue weighted by Crippen LogP contribution is -2.41. The van der Waals surface area contributed by atoms with Crippen molar-refractivity contribution in [1.29, 1.82) is 0 Å². The van der Waals surface area contributed by atoms with E-state index in [9.17, 15) is 9.90 Å². The van der Waals surface area contributed by atoms with Gasteiger partial charge in [-0.05, 0) is 61.4 Å². The van der Waals surface area contributed by atoms with Gasteiger partial charge in [0.2, 0.25) is 0 Å². The van der Waals surface area contributed by atoms with Crippen LogP contribution in [0.25, 0.3) is 0 Å². The van der Waals surface area contributed by atoms with Gasteiger partial charge in [0, 0.05) is 29.6 Å². The first-order chi connectivity index (χ1) is 16.0. The Labute approximate surface area is 198 Å². The van der Waals surface area contributed by atoms with Crippen LogP contribution < -0.4 is 10.2 Å². The Balaban J connectivity index is 1.32. The number of morpholine rings is 1. The summed E-state index contributed by atoms with van der Waals surface area (Å²) in [5.41, 5.74) is 2.22. The fraction of sp³-hybridized carbons (Fsp3) is 0.480. The van der Waals surface area contributed by atoms with E-state index < -0.39 is 0 Å². The summed E-state index contributed by atoms with van der Waals surface area (Å²) in [6.45, 7) is 3.51. The van der Waals surface area contributed by atoms with E-state index in [1.54, 1.807) is 16.7 Å². The molecule has 2 aliphatic heterocycles. The first kappa shape index (κ1) is 22.4. The van der Waals surface area contributed by atoms with E-state index >= 15 is 0 Å². The van der Waals surface area contributed by atoms with Gasteiger partial charge in [0.15, 0.2) is 5.82 Å². The number of aliphatic hydroxyl groups excluding tert-OH is 1. The molecule has 8 heteroatoms. The average Bonchev–Trinajstić information content (AvgIpc) is 2.81. The number of thioether (sulfide) groups is 1. The highest BCUT2D eigenvalue weighted by atomic mass is 32.2. The number of aromatic nitrogens is 1. The van der Waals surface area contributed by atoms with Crippen molar-refractivity contribution in [2.24, 2.45) is 4.99 Å². The number of amides is 1. The molecule has 3 aliphatic rings. The van der Waals surface area contributed by atoms with E-state index in [0.717, 1.165) is 53.5 Å². The minimum absolute atomic E-state index is 0.00457. The number of aliphatic hydroxyl groups is 1. The van der Waals surface area contributed by atoms with Crippen LogP contribution in [0.2, 0.25) is 0 Å². The molecular formula is C25H30N4O3S. The number of rotatable bonds is 4. The molecule has 1 atom stereocenters. The molecule has 1 saturated carbocycles. The normalized spacial score (nSPS) is 26.8. The van der Waals surface area contributed by atoms with Crippen LogP contribution in [-0.4, -0.2) is 52.9 Å². The predicted molar refractivity (Wildman–Crippen MR) is 132 cm³/mol. The molecule has 0 spiro atoms. The number of nitrogens with zero attached hydrogens (tertiary/aromatic N) is 3. The molecule has 1 saturated heterocycles. The van der Waals surface area contributed by atoms with Crippen molar-refractivity contribution < 1.29 is 14.6 Å². The number of benzene rings is 1. The number of carbonyl (C=O) groups excluding carboxylic acids is 1. The maximum Gasteiger partial charge on any atom is 0.253 e. The number of aliphatic imine (C=N–C) groups is 1. The first-order valence-electron chi connectivity index (χ1n) is 11.7. The Bertz CT molecular complexity index is 1050. The van der Waals surface area contributed by atoms with Crippen LogP contribution in [0.4, 0.5) is 17.3 Å². The molecule has 0 bridgehead atoms. The van der Waals surface area contributed by atoms with Crippen LogP contribution in [0, 0.1) is 0 Å². The summed E-state index contributed by atoms with van der Waals surface area (Å²) in [4.78, 5) is 24.8. The number of anilines is 2. The highest BCUT2D eigenvalue weighted by Gasteiger charge is 2.26. The second kappa shape index (κ2) is 9.83. The summed E-state index contributed by atoms with van der Waals surface area (Å²) in [7, 11) is 0. The number of hydrogen-bond donors (Lipinski definition) is 2. The Kier molecular flexibility index (Phi) is 6.66. The van der Waals surface area contributed by atoms with Crippen molar-refractivity contribution in [2.45, 2.75) is 62.0 Å². The van der Waals surface area contributed by atoms with Crippen molar-refractivity contribution in [3.63, 3.8) is 0 Å². The fourth-order valence-electron chi connectivity index (χ4n) is 4.71. The monoisotopic (exact) mass is 466 g/mol. The van der Waals surface area contributed by atoms with E-state index in [1.165, 1.54) is 5.56 Å². The zero-order chi connectivity index (χ0) is 22.8. The minimum Gasteiger partial charge on any atom is -0.393 e. The molecule has 174 valence electrons. The van der Waals surface area contributed by atoms with Crippen LogP contribution in [0.5, 0.6) is 0 Å². The number of fused-ring (bicyclic) bond motifs is 1. The molecule has 1 aliphatic carbocycles. The van der Waals surface area contributed by atoms with Crippen molar-refractivity contribution in [3.05, 3.63) is 42.0 Å². The summed E-state index contributed by atoms with van der Waals surface area (Å²) in [6, 6.07) is 12.5. The fourth-order valence-corrected chi connectivity index (χ4v) is 6.00. The molecule has 7 nitrogen and oxygen atoms in total. The molecule has 0 radical (unpaired) electrons. The quantitative estimate of drug-likeness (QED) is 0.690. The van der Waals surface area contributed by atoms with Gasteiger partial charge in [0.25, 0.3) is 5.91 Å². The van der Waals surface area contributed by atoms with Gasteiger partial charge in [0.05, 0.1) is 17.8 Å². The SMILES string of the molecule is CC1CC(=Nc2cccc(NC3CCC(O)CC3)n2)Sc2cc(N3CCOCC3=O)ccc21. The maximum atomic E-state index is 12.3. The van der Waals surface area contributed by atoms with E-state index in [4.69, 9.17) is 14.7 Å². The lowest BCUT2D eigenvalue weighted by Gasteiger charge is -2.29. The number of carbonyl (C=O) groups is 1. The summed E-state index contributed by atoms with van der Waals surface area (Å²) < 4.78 is 5.27. The van der Waals surface area contributed by atoms with Crippen LogP contribution >= 0.6 is 11.8 Å². The number of nitrogens with one attached hydrogen (secondary N) is 1. The first-order valence-corrected chi connectivity index (χ1v) is 12.6. The topological polar surface area (TPSA) is 87.1 Å². The summed E-state index contributed by atoms with van der Waals surface area (Å²) >= 11 is 1.67. The standard InChI is InChI=1S/C25H30N4O3S/c1-16-13-24(28-23-4-2-3-22(27-23)26-17-5-8-19(30)9-6-17)33-21-14-18(7-10-20(16)21)29-11-12-32-15-25(29)31/h2-4,7,10,14,16-17,19,30H,5-6,8-9,11-13,15H2,1H3,(H,26,27). The lowest BCUT2D eigenvalue weighted by atomic mass is 9.93. The van der Waals surface area contributed by atoms with E-state index in [0.29, 0.717) is 30.9 Å². The number of ether oxygens (including phenoxy) is 1. The van der Waals surface area contributed by atoms with Gasteiger partial charge >= 0.3 is 0 Å². The zero-order valence-corrected chi connectivity index (χ0v) is 19.7. The highest BCUT2D eigenvalue weighted by molar-refractivity contribution is 8.14. The molecule has 1 unspecified atom stereocenters. The van der Waals surface area contributed by atoms with Crippen molar-refractivity contribution in [1.82, 2.24) is 4.98 Å². The lowest BCUT2D eigenvalue weighted by molar-refractivity contribution is -0.125. The van der Waals surface area contributed by atoms with Crippen LogP contribution in [0.1, 0.15) is 50.5 Å². The van der Waals surface area contributed by atoms with Crippen LogP contribution in [0.15, 0.2) is 46.3 Å². The van der Waals surface area contributed by atoms with Crippen molar-refractivity contribution in [2.75, 3.05) is 30.0 Å². The smallest absolute Gasteiger partial charge is 0.253 e. The minimum atomic E-state index is -0.163. The Morgan fingerprint density at radius 3 is 2.88 bits per heavy atom. The molecular weight excluding hydrogens is 436 g/mol. The molecule has 5 rings (SSSR count). The van der Waals surface area contributed by atoms with Crippen LogP contribution in [0.3, 0.4) is 0 Å². The van der Waals surface area contributed by atoms with Crippen molar-refractivity contribution >= 4 is 40.0 Å². The van der Waals surface area contributed by atoms with E-state index in [1.807, 2.05) is 24.3 Å². The van der Waals surface area contributed by atoms with Gasteiger partial charge < -0.3 is 20.1 Å². The molecule has 1 amide bonds. The molecule has 1 aromatic heterocycles. The third-order valence-corrected chi connectivity index (χ3v) is 7.62. The molecule has 2 fully saturated rings. The largest absolute Gasteiger partial charge is 0.393 e. The highest BCUT2D eigenvalue weighted by Crippen LogP contribution is 2.41. The Morgan fingerprint density at radius 1 is 1.21 bits per heavy atom. The zero-order valence-electron chi connectivity index (χ0n) is 18.9. The molecule has 3 heterocycles. The second-order valence-corrected chi connectivity index (χ2v) is 10.2. The second-order valence-electron chi connectivity index (χ2n) is 9.06. The summed E-state index contributed by atoms with van der Waals surface area (Å²) in [6.07, 6.45) is 4.30. The number of hydrogen-bond acceptors (Lipinski definition) is 7. The van der Waals surface area contributed by atoms with E-state index in [2.05, 4.69) is 24.4 Å². The van der Waals surface area contributed by atoms with Gasteiger partial charge in [-0.2, -0.15) is 0 Å². The van der Waals surface area contributed by atoms with Crippen molar-refractivity contribution in [3.8, 4) is 0 Å². The van der Waals surface area contributed by atoms with Gasteiger partial charge in [-0.25, -0.2) is 9.98 Å². The maximum absolute atomic E-state index is 12.3. The van der Waals surface area contributed by atoms with Gasteiger partial charge in [0.1, 0.15) is 12.4 Å². The molecule has 33 heavy (non-hydrogen) atoms. The summed E-state index contributed by atoms with van der Waals surface area (Å²) in [5.74, 6) is 1.89. The Hall–Kier alpha value is -2.42. The van der Waals surface area contributed by atoms with Gasteiger partial charge in [-0.1, -0.05) is 30.8 Å². The molecule has 1 aromatic carbocycles. The average molecular weight is 467 g/mol. The van der Waals surface area contributed by atoms with Gasteiger partial charge in [-0.15, -0.1) is 0 Å². The molecule has 2 aromatic rings. The third-order valence-electron chi connectivity index (χ3n) is 6.56. The number of pyridine rings is 1. The Morgan fingerprint density at radius 2 is 2.06 bits per heavy atom. The van der Waals surface area contributed by atoms with Gasteiger partial charge in [-0.3, -0.25) is 4.79 Å². The third kappa shape index (κ3) is 5.23. The molecule has 2 N–H and O–H groups in total. The predicted octanol–water partition coefficient (Wildman–Crippen LogP) is 4.49. The summed E-state index contributed by atoms with van der Waals surface area (Å²) in [5, 5.41) is 14.3. The van der Waals surface area contributed by atoms with E-state index in [-0.39, 0.29) is 18.6 Å².